The Bertz CT molecular complexity index is 851. The molecule has 1 amide bonds. The number of hydrogen-bond acceptors (Lipinski definition) is 3. The summed E-state index contributed by atoms with van der Waals surface area (Å²) in [5.74, 6) is 0.348. The zero-order valence-electron chi connectivity index (χ0n) is 17.0. The number of fused-ring (bicyclic) bond motifs is 1. The molecule has 2 fully saturated rings. The highest BCUT2D eigenvalue weighted by atomic mass is 32.2. The number of amides is 1. The van der Waals surface area contributed by atoms with E-state index in [-0.39, 0.29) is 23.3 Å². The normalized spacial score (nSPS) is 23.1. The summed E-state index contributed by atoms with van der Waals surface area (Å²) in [6, 6.07) is 5.32. The van der Waals surface area contributed by atoms with E-state index in [1.807, 2.05) is 11.0 Å². The topological polar surface area (TPSA) is 66.5 Å². The van der Waals surface area contributed by atoms with Gasteiger partial charge in [0.1, 0.15) is 0 Å². The molecule has 0 unspecified atom stereocenters. The van der Waals surface area contributed by atoms with Crippen LogP contribution < -0.4 is 9.62 Å². The highest BCUT2D eigenvalue weighted by Gasteiger charge is 2.43. The summed E-state index contributed by atoms with van der Waals surface area (Å²) < 4.78 is 29.1. The van der Waals surface area contributed by atoms with Gasteiger partial charge >= 0.3 is 0 Å². The van der Waals surface area contributed by atoms with Gasteiger partial charge < -0.3 is 4.90 Å². The van der Waals surface area contributed by atoms with Crippen LogP contribution in [0.4, 0.5) is 5.69 Å². The minimum absolute atomic E-state index is 0.0273. The van der Waals surface area contributed by atoms with Crippen LogP contribution in [0.15, 0.2) is 23.1 Å². The molecule has 1 N–H and O–H groups in total. The summed E-state index contributed by atoms with van der Waals surface area (Å²) in [6.07, 6.45) is 9.59. The highest BCUT2D eigenvalue weighted by molar-refractivity contribution is 7.89. The Balaban J connectivity index is 1.58. The van der Waals surface area contributed by atoms with Crippen molar-refractivity contribution in [2.24, 2.45) is 5.92 Å². The molecule has 2 aliphatic carbocycles. The van der Waals surface area contributed by atoms with Crippen LogP contribution in [0.2, 0.25) is 0 Å². The van der Waals surface area contributed by atoms with E-state index in [1.165, 1.54) is 19.3 Å². The van der Waals surface area contributed by atoms with Crippen molar-refractivity contribution in [2.45, 2.75) is 88.0 Å². The van der Waals surface area contributed by atoms with Gasteiger partial charge in [0, 0.05) is 29.6 Å². The molecule has 0 atom stereocenters. The SMILES string of the molecule is CC1(C)CN(C(=O)C2CC2)c2ccc(S(=O)(=O)NC3CCCCCCC3)cc21. The molecule has 28 heavy (non-hydrogen) atoms. The number of carbonyl (C=O) groups excluding carboxylic acids is 1. The largest absolute Gasteiger partial charge is 0.311 e. The lowest BCUT2D eigenvalue weighted by molar-refractivity contribution is -0.119. The molecule has 3 aliphatic rings. The molecule has 1 aliphatic heterocycles. The number of anilines is 1. The van der Waals surface area contributed by atoms with Crippen molar-refractivity contribution in [3.8, 4) is 0 Å². The van der Waals surface area contributed by atoms with Gasteiger partial charge in [-0.05, 0) is 49.4 Å². The Morgan fingerprint density at radius 2 is 1.68 bits per heavy atom. The number of hydrogen-bond donors (Lipinski definition) is 1. The Morgan fingerprint density at radius 1 is 1.04 bits per heavy atom. The molecule has 0 radical (unpaired) electrons. The maximum absolute atomic E-state index is 13.1. The lowest BCUT2D eigenvalue weighted by Crippen LogP contribution is -2.35. The lowest BCUT2D eigenvalue weighted by atomic mass is 9.87. The molecule has 1 aromatic rings. The first-order valence-corrected chi connectivity index (χ1v) is 12.2. The first kappa shape index (κ1) is 19.9. The molecular formula is C22H32N2O3S. The van der Waals surface area contributed by atoms with E-state index in [9.17, 15) is 13.2 Å². The zero-order valence-corrected chi connectivity index (χ0v) is 17.9. The van der Waals surface area contributed by atoms with Crippen LogP contribution >= 0.6 is 0 Å². The Hall–Kier alpha value is -1.40. The summed E-state index contributed by atoms with van der Waals surface area (Å²) >= 11 is 0. The van der Waals surface area contributed by atoms with E-state index >= 15 is 0 Å². The minimum Gasteiger partial charge on any atom is -0.311 e. The average molecular weight is 405 g/mol. The molecule has 154 valence electrons. The van der Waals surface area contributed by atoms with Gasteiger partial charge in [-0.1, -0.05) is 46.0 Å². The Kier molecular flexibility index (Phi) is 5.29. The molecule has 0 bridgehead atoms. The summed E-state index contributed by atoms with van der Waals surface area (Å²) in [5, 5.41) is 0. The van der Waals surface area contributed by atoms with Gasteiger partial charge in [0.25, 0.3) is 0 Å². The van der Waals surface area contributed by atoms with Crippen LogP contribution in [0.1, 0.15) is 77.2 Å². The minimum atomic E-state index is -3.55. The first-order valence-electron chi connectivity index (χ1n) is 10.8. The number of carbonyl (C=O) groups is 1. The molecule has 1 heterocycles. The lowest BCUT2D eigenvalue weighted by Gasteiger charge is -2.22. The molecule has 0 saturated heterocycles. The maximum atomic E-state index is 13.1. The van der Waals surface area contributed by atoms with Crippen molar-refractivity contribution in [2.75, 3.05) is 11.4 Å². The van der Waals surface area contributed by atoms with Gasteiger partial charge in [0.05, 0.1) is 4.90 Å². The second-order valence-corrected chi connectivity index (χ2v) is 11.1. The van der Waals surface area contributed by atoms with E-state index in [4.69, 9.17) is 0 Å². The fourth-order valence-electron chi connectivity index (χ4n) is 4.63. The Morgan fingerprint density at radius 3 is 2.32 bits per heavy atom. The second-order valence-electron chi connectivity index (χ2n) is 9.42. The van der Waals surface area contributed by atoms with Crippen LogP contribution in [0.25, 0.3) is 0 Å². The number of sulfonamides is 1. The van der Waals surface area contributed by atoms with Gasteiger partial charge in [-0.2, -0.15) is 0 Å². The van der Waals surface area contributed by atoms with Crippen LogP contribution in [-0.4, -0.2) is 26.9 Å². The number of benzene rings is 1. The molecule has 6 heteroatoms. The third-order valence-corrected chi connectivity index (χ3v) is 7.99. The zero-order chi connectivity index (χ0) is 19.9. The predicted octanol–water partition coefficient (Wildman–Crippen LogP) is 4.11. The van der Waals surface area contributed by atoms with Gasteiger partial charge in [0.15, 0.2) is 0 Å². The fourth-order valence-corrected chi connectivity index (χ4v) is 5.96. The van der Waals surface area contributed by atoms with Crippen molar-refractivity contribution >= 4 is 21.6 Å². The monoisotopic (exact) mass is 404 g/mol. The van der Waals surface area contributed by atoms with Crippen LogP contribution in [0, 0.1) is 5.92 Å². The van der Waals surface area contributed by atoms with Gasteiger partial charge in [-0.25, -0.2) is 13.1 Å². The molecule has 0 spiro atoms. The summed E-state index contributed by atoms with van der Waals surface area (Å²) in [7, 11) is -3.55. The van der Waals surface area contributed by atoms with E-state index in [2.05, 4.69) is 18.6 Å². The second kappa shape index (κ2) is 7.45. The van der Waals surface area contributed by atoms with Gasteiger partial charge in [-0.15, -0.1) is 0 Å². The maximum Gasteiger partial charge on any atom is 0.240 e. The van der Waals surface area contributed by atoms with Crippen molar-refractivity contribution < 1.29 is 13.2 Å². The highest BCUT2D eigenvalue weighted by Crippen LogP contribution is 2.44. The van der Waals surface area contributed by atoms with Crippen LogP contribution in [-0.2, 0) is 20.2 Å². The van der Waals surface area contributed by atoms with E-state index < -0.39 is 10.0 Å². The third kappa shape index (κ3) is 3.99. The van der Waals surface area contributed by atoms with E-state index in [1.54, 1.807) is 12.1 Å². The third-order valence-electron chi connectivity index (χ3n) is 6.47. The number of nitrogens with one attached hydrogen (secondary N) is 1. The number of rotatable bonds is 4. The van der Waals surface area contributed by atoms with Crippen LogP contribution in [0.5, 0.6) is 0 Å². The first-order chi connectivity index (χ1) is 13.3. The van der Waals surface area contributed by atoms with Crippen molar-refractivity contribution in [1.29, 1.82) is 0 Å². The molecule has 5 nitrogen and oxygen atoms in total. The van der Waals surface area contributed by atoms with Crippen molar-refractivity contribution in [1.82, 2.24) is 4.72 Å². The molecular weight excluding hydrogens is 372 g/mol. The van der Waals surface area contributed by atoms with Gasteiger partial charge in [0.2, 0.25) is 15.9 Å². The average Bonchev–Trinajstić information content (AvgIpc) is 3.42. The molecule has 4 rings (SSSR count). The summed E-state index contributed by atoms with van der Waals surface area (Å²) in [5.41, 5.74) is 1.60. The molecule has 1 aromatic carbocycles. The summed E-state index contributed by atoms with van der Waals surface area (Å²) in [4.78, 5) is 14.8. The van der Waals surface area contributed by atoms with Crippen molar-refractivity contribution in [3.05, 3.63) is 23.8 Å². The fraction of sp³-hybridized carbons (Fsp3) is 0.682. The molecule has 0 aromatic heterocycles. The molecule has 2 saturated carbocycles. The smallest absolute Gasteiger partial charge is 0.240 e. The van der Waals surface area contributed by atoms with Crippen molar-refractivity contribution in [3.63, 3.8) is 0 Å². The van der Waals surface area contributed by atoms with E-state index in [0.29, 0.717) is 11.4 Å². The number of nitrogens with zero attached hydrogens (tertiary/aromatic N) is 1. The Labute approximate surface area is 168 Å². The van der Waals surface area contributed by atoms with E-state index in [0.717, 1.165) is 49.8 Å². The van der Waals surface area contributed by atoms with Gasteiger partial charge in [-0.3, -0.25) is 4.79 Å². The quantitative estimate of drug-likeness (QED) is 0.821. The summed E-state index contributed by atoms with van der Waals surface area (Å²) in [6.45, 7) is 4.80. The standard InChI is InChI=1S/C22H32N2O3S/c1-22(2)15-24(21(25)16-10-11-16)20-13-12-18(14-19(20)22)28(26,27)23-17-8-6-4-3-5-7-9-17/h12-14,16-17,23H,3-11,15H2,1-2H3. The predicted molar refractivity (Wildman–Crippen MR) is 111 cm³/mol. The van der Waals surface area contributed by atoms with Crippen LogP contribution in [0.3, 0.4) is 0 Å².